The van der Waals surface area contributed by atoms with Gasteiger partial charge in [0.1, 0.15) is 5.54 Å². The summed E-state index contributed by atoms with van der Waals surface area (Å²) in [5.74, 6) is -0.474. The van der Waals surface area contributed by atoms with Crippen molar-refractivity contribution in [2.45, 2.75) is 50.1 Å². The van der Waals surface area contributed by atoms with Crippen molar-refractivity contribution in [1.82, 2.24) is 5.32 Å². The average molecular weight is 543 g/mol. The molecule has 3 aromatic rings. The molecule has 1 aliphatic heterocycles. The lowest BCUT2D eigenvalue weighted by atomic mass is 9.84. The molecule has 0 spiro atoms. The van der Waals surface area contributed by atoms with E-state index in [2.05, 4.69) is 16.0 Å². The van der Waals surface area contributed by atoms with E-state index < -0.39 is 5.54 Å². The van der Waals surface area contributed by atoms with Crippen LogP contribution in [-0.4, -0.2) is 17.9 Å². The van der Waals surface area contributed by atoms with Gasteiger partial charge >= 0.3 is 0 Å². The summed E-state index contributed by atoms with van der Waals surface area (Å²) in [6, 6.07) is 18.0. The van der Waals surface area contributed by atoms with Crippen molar-refractivity contribution in [2.75, 3.05) is 10.6 Å². The van der Waals surface area contributed by atoms with Gasteiger partial charge in [0.2, 0.25) is 0 Å². The van der Waals surface area contributed by atoms with Crippen LogP contribution in [0.2, 0.25) is 15.1 Å². The van der Waals surface area contributed by atoms with Gasteiger partial charge in [-0.1, -0.05) is 78.3 Å². The zero-order valence-corrected chi connectivity index (χ0v) is 21.8. The number of halogens is 3. The van der Waals surface area contributed by atoms with Crippen LogP contribution in [0, 0.1) is 0 Å². The van der Waals surface area contributed by atoms with E-state index in [1.54, 1.807) is 36.4 Å². The van der Waals surface area contributed by atoms with Crippen LogP contribution in [0.15, 0.2) is 60.7 Å². The standard InChI is InChI=1S/C28H26Cl3N3O2/c29-18-7-4-6-17(14-18)16-28(22-13-12-19(30)15-24(22)33-27(28)36)34-25-21(10-5-11-23(25)31)26(35)32-20-8-2-1-3-9-20/h4-7,10-15,20,34H,1-3,8-9,16H2,(H,32,35)(H,33,36). The van der Waals surface area contributed by atoms with E-state index in [0.717, 1.165) is 36.8 Å². The molecule has 0 saturated heterocycles. The SMILES string of the molecule is O=C(NC1CCCCC1)c1cccc(Cl)c1NC1(Cc2cccc(Cl)c2)C(=O)Nc2cc(Cl)ccc21. The molecule has 5 nitrogen and oxygen atoms in total. The molecule has 1 aliphatic carbocycles. The number of hydrogen-bond donors (Lipinski definition) is 3. The predicted molar refractivity (Wildman–Crippen MR) is 146 cm³/mol. The Morgan fingerprint density at radius 1 is 0.944 bits per heavy atom. The highest BCUT2D eigenvalue weighted by Gasteiger charge is 2.48. The molecule has 1 unspecified atom stereocenters. The van der Waals surface area contributed by atoms with Crippen LogP contribution < -0.4 is 16.0 Å². The van der Waals surface area contributed by atoms with Crippen molar-refractivity contribution in [3.05, 3.63) is 92.4 Å². The van der Waals surface area contributed by atoms with E-state index in [-0.39, 0.29) is 24.3 Å². The topological polar surface area (TPSA) is 70.2 Å². The molecule has 1 atom stereocenters. The fourth-order valence-electron chi connectivity index (χ4n) is 5.20. The molecule has 3 aromatic carbocycles. The van der Waals surface area contributed by atoms with Crippen molar-refractivity contribution < 1.29 is 9.59 Å². The third-order valence-corrected chi connectivity index (χ3v) is 7.76. The summed E-state index contributed by atoms with van der Waals surface area (Å²) in [6.45, 7) is 0. The first-order chi connectivity index (χ1) is 17.4. The van der Waals surface area contributed by atoms with E-state index in [9.17, 15) is 9.59 Å². The maximum atomic E-state index is 13.7. The van der Waals surface area contributed by atoms with Gasteiger partial charge in [0, 0.05) is 33.8 Å². The van der Waals surface area contributed by atoms with Crippen LogP contribution in [0.25, 0.3) is 0 Å². The Labute approximate surface area is 225 Å². The Morgan fingerprint density at radius 2 is 1.69 bits per heavy atom. The highest BCUT2D eigenvalue weighted by molar-refractivity contribution is 6.34. The van der Waals surface area contributed by atoms with Gasteiger partial charge in [-0.15, -0.1) is 0 Å². The number of para-hydroxylation sites is 1. The second-order valence-corrected chi connectivity index (χ2v) is 10.7. The minimum Gasteiger partial charge on any atom is -0.365 e. The van der Waals surface area contributed by atoms with Crippen LogP contribution in [-0.2, 0) is 16.8 Å². The molecule has 5 rings (SSSR count). The number of rotatable bonds is 6. The summed E-state index contributed by atoms with van der Waals surface area (Å²) >= 11 is 19.2. The van der Waals surface area contributed by atoms with Crippen molar-refractivity contribution in [2.24, 2.45) is 0 Å². The van der Waals surface area contributed by atoms with Crippen molar-refractivity contribution in [1.29, 1.82) is 0 Å². The molecular weight excluding hydrogens is 517 g/mol. The summed E-state index contributed by atoms with van der Waals surface area (Å²) in [5, 5.41) is 11.0. The summed E-state index contributed by atoms with van der Waals surface area (Å²) in [6.07, 6.45) is 5.61. The summed E-state index contributed by atoms with van der Waals surface area (Å²) in [7, 11) is 0. The highest BCUT2D eigenvalue weighted by atomic mass is 35.5. The second kappa shape index (κ2) is 10.3. The lowest BCUT2D eigenvalue weighted by Crippen LogP contribution is -2.45. The Hall–Kier alpha value is -2.73. The van der Waals surface area contributed by atoms with Gasteiger partial charge < -0.3 is 16.0 Å². The fourth-order valence-corrected chi connectivity index (χ4v) is 5.81. The highest BCUT2D eigenvalue weighted by Crippen LogP contribution is 2.44. The van der Waals surface area contributed by atoms with E-state index in [1.807, 2.05) is 24.3 Å². The van der Waals surface area contributed by atoms with Gasteiger partial charge in [-0.25, -0.2) is 0 Å². The average Bonchev–Trinajstić information content (AvgIpc) is 3.10. The largest absolute Gasteiger partial charge is 0.365 e. The van der Waals surface area contributed by atoms with Crippen LogP contribution in [0.1, 0.15) is 53.6 Å². The summed E-state index contributed by atoms with van der Waals surface area (Å²) in [5.41, 5.74) is 1.75. The monoisotopic (exact) mass is 541 g/mol. The molecular formula is C28H26Cl3N3O2. The molecule has 2 amide bonds. The van der Waals surface area contributed by atoms with E-state index >= 15 is 0 Å². The van der Waals surface area contributed by atoms with Gasteiger partial charge in [0.15, 0.2) is 0 Å². The molecule has 36 heavy (non-hydrogen) atoms. The van der Waals surface area contributed by atoms with Gasteiger partial charge in [0.25, 0.3) is 11.8 Å². The minimum atomic E-state index is -1.24. The van der Waals surface area contributed by atoms with Crippen molar-refractivity contribution >= 4 is 58.0 Å². The van der Waals surface area contributed by atoms with E-state index in [1.165, 1.54) is 6.42 Å². The number of benzene rings is 3. The first-order valence-electron chi connectivity index (χ1n) is 12.1. The van der Waals surface area contributed by atoms with Crippen molar-refractivity contribution in [3.8, 4) is 0 Å². The Morgan fingerprint density at radius 3 is 2.47 bits per heavy atom. The first-order valence-corrected chi connectivity index (χ1v) is 13.2. The summed E-state index contributed by atoms with van der Waals surface area (Å²) in [4.78, 5) is 27.1. The van der Waals surface area contributed by atoms with E-state index in [0.29, 0.717) is 32.0 Å². The van der Waals surface area contributed by atoms with Crippen LogP contribution in [0.4, 0.5) is 11.4 Å². The smallest absolute Gasteiger partial charge is 0.255 e. The van der Waals surface area contributed by atoms with E-state index in [4.69, 9.17) is 34.8 Å². The number of anilines is 2. The molecule has 0 bridgehead atoms. The Bertz CT molecular complexity index is 1320. The quantitative estimate of drug-likeness (QED) is 0.308. The normalized spacial score (nSPS) is 19.5. The Balaban J connectivity index is 1.57. The lowest BCUT2D eigenvalue weighted by molar-refractivity contribution is -0.119. The molecule has 0 radical (unpaired) electrons. The van der Waals surface area contributed by atoms with Gasteiger partial charge in [-0.2, -0.15) is 0 Å². The van der Waals surface area contributed by atoms with Gasteiger partial charge in [-0.3, -0.25) is 9.59 Å². The minimum absolute atomic E-state index is 0.135. The summed E-state index contributed by atoms with van der Waals surface area (Å²) < 4.78 is 0. The maximum absolute atomic E-state index is 13.7. The molecule has 1 fully saturated rings. The maximum Gasteiger partial charge on any atom is 0.255 e. The van der Waals surface area contributed by atoms with Crippen LogP contribution in [0.3, 0.4) is 0 Å². The molecule has 1 saturated carbocycles. The lowest BCUT2D eigenvalue weighted by Gasteiger charge is -2.32. The molecule has 0 aromatic heterocycles. The second-order valence-electron chi connectivity index (χ2n) is 9.45. The van der Waals surface area contributed by atoms with Crippen LogP contribution in [0.5, 0.6) is 0 Å². The van der Waals surface area contributed by atoms with Gasteiger partial charge in [-0.05, 0) is 54.8 Å². The molecule has 3 N–H and O–H groups in total. The predicted octanol–water partition coefficient (Wildman–Crippen LogP) is 7.21. The molecule has 2 aliphatic rings. The van der Waals surface area contributed by atoms with Crippen LogP contribution >= 0.6 is 34.8 Å². The number of carbonyl (C=O) groups is 2. The number of amides is 2. The third-order valence-electron chi connectivity index (χ3n) is 6.97. The number of carbonyl (C=O) groups excluding carboxylic acids is 2. The molecule has 186 valence electrons. The zero-order chi connectivity index (χ0) is 25.3. The van der Waals surface area contributed by atoms with Gasteiger partial charge in [0.05, 0.1) is 16.3 Å². The molecule has 8 heteroatoms. The Kier molecular flexibility index (Phi) is 7.16. The fraction of sp³-hybridized carbons (Fsp3) is 0.286. The third kappa shape index (κ3) is 4.93. The zero-order valence-electron chi connectivity index (χ0n) is 19.5. The number of nitrogens with one attached hydrogen (secondary N) is 3. The number of fused-ring (bicyclic) bond motifs is 1. The first kappa shape index (κ1) is 24.9. The molecule has 1 heterocycles. The number of hydrogen-bond acceptors (Lipinski definition) is 3. The van der Waals surface area contributed by atoms with Crippen molar-refractivity contribution in [3.63, 3.8) is 0 Å².